The van der Waals surface area contributed by atoms with Crippen LogP contribution in [0.4, 0.5) is 4.39 Å². The second-order valence-corrected chi connectivity index (χ2v) is 9.64. The minimum atomic E-state index is -3.69. The molecule has 1 aliphatic carbocycles. The lowest BCUT2D eigenvalue weighted by atomic mass is 9.81. The van der Waals surface area contributed by atoms with Gasteiger partial charge in [-0.3, -0.25) is 14.6 Å². The molecular weight excluding hydrogens is 435 g/mol. The molecule has 0 unspecified atom stereocenters. The minimum absolute atomic E-state index is 0.0224. The molecule has 1 fully saturated rings. The predicted molar refractivity (Wildman–Crippen MR) is 116 cm³/mol. The number of rotatable bonds is 9. The Morgan fingerprint density at radius 3 is 2.28 bits per heavy atom. The van der Waals surface area contributed by atoms with E-state index in [0.29, 0.717) is 32.2 Å². The first-order valence-corrected chi connectivity index (χ1v) is 12.0. The number of carbonyl (C=O) groups excluding carboxylic acids is 2. The Hall–Kier alpha value is -2.85. The van der Waals surface area contributed by atoms with Crippen molar-refractivity contribution in [3.05, 3.63) is 60.2 Å². The van der Waals surface area contributed by atoms with Crippen molar-refractivity contribution in [3.63, 3.8) is 0 Å². The number of benzene rings is 1. The van der Waals surface area contributed by atoms with Crippen LogP contribution >= 0.6 is 0 Å². The average molecular weight is 463 g/mol. The van der Waals surface area contributed by atoms with Gasteiger partial charge in [-0.2, -0.15) is 0 Å². The number of nitrogens with zero attached hydrogens (tertiary/aromatic N) is 1. The molecule has 2 aromatic rings. The summed E-state index contributed by atoms with van der Waals surface area (Å²) >= 11 is 0. The van der Waals surface area contributed by atoms with Crippen molar-refractivity contribution in [3.8, 4) is 0 Å². The lowest BCUT2D eigenvalue weighted by Gasteiger charge is -2.27. The quantitative estimate of drug-likeness (QED) is 0.525. The fraction of sp³-hybridized carbons (Fsp3) is 0.409. The molecule has 0 atom stereocenters. The largest absolute Gasteiger partial charge is 0.350 e. The Balaban J connectivity index is 1.35. The molecule has 0 radical (unpaired) electrons. The van der Waals surface area contributed by atoms with Gasteiger partial charge >= 0.3 is 0 Å². The monoisotopic (exact) mass is 462 g/mol. The smallest absolute Gasteiger partial charge is 0.240 e. The van der Waals surface area contributed by atoms with Crippen molar-refractivity contribution in [2.24, 2.45) is 11.8 Å². The second kappa shape index (κ2) is 11.1. The third kappa shape index (κ3) is 7.10. The van der Waals surface area contributed by atoms with E-state index in [0.717, 1.165) is 17.7 Å². The highest BCUT2D eigenvalue weighted by molar-refractivity contribution is 7.89. The number of hydrogen-bond donors (Lipinski definition) is 3. The lowest BCUT2D eigenvalue weighted by Crippen LogP contribution is -2.41. The summed E-state index contributed by atoms with van der Waals surface area (Å²) in [5.74, 6) is -0.980. The summed E-state index contributed by atoms with van der Waals surface area (Å²) < 4.78 is 40.2. The van der Waals surface area contributed by atoms with Gasteiger partial charge in [0.25, 0.3) is 0 Å². The first-order valence-electron chi connectivity index (χ1n) is 10.5. The summed E-state index contributed by atoms with van der Waals surface area (Å²) in [7, 11) is -3.69. The zero-order valence-corrected chi connectivity index (χ0v) is 18.4. The molecule has 0 aliphatic heterocycles. The number of sulfonamides is 1. The number of hydrogen-bond acceptors (Lipinski definition) is 5. The van der Waals surface area contributed by atoms with Crippen LogP contribution in [-0.2, 0) is 26.2 Å². The summed E-state index contributed by atoms with van der Waals surface area (Å²) in [6.45, 7) is 0.558. The van der Waals surface area contributed by atoms with Crippen LogP contribution in [0, 0.1) is 17.7 Å². The highest BCUT2D eigenvalue weighted by Gasteiger charge is 2.27. The zero-order valence-electron chi connectivity index (χ0n) is 17.6. The van der Waals surface area contributed by atoms with Crippen molar-refractivity contribution in [2.75, 3.05) is 13.1 Å². The number of aromatic nitrogens is 1. The van der Waals surface area contributed by atoms with Gasteiger partial charge in [-0.15, -0.1) is 0 Å². The molecule has 8 nitrogen and oxygen atoms in total. The normalized spacial score (nSPS) is 18.7. The number of nitrogens with one attached hydrogen (secondary N) is 3. The fourth-order valence-corrected chi connectivity index (χ4v) is 4.75. The summed E-state index contributed by atoms with van der Waals surface area (Å²) in [5.41, 5.74) is 0.924. The molecule has 0 bridgehead atoms. The molecule has 1 saturated carbocycles. The first-order chi connectivity index (χ1) is 15.3. The van der Waals surface area contributed by atoms with E-state index in [1.54, 1.807) is 24.5 Å². The van der Waals surface area contributed by atoms with Crippen LogP contribution in [-0.4, -0.2) is 38.3 Å². The molecule has 10 heteroatoms. The van der Waals surface area contributed by atoms with Gasteiger partial charge in [0.15, 0.2) is 0 Å². The molecule has 1 aliphatic rings. The highest BCUT2D eigenvalue weighted by Crippen LogP contribution is 2.28. The molecule has 0 saturated heterocycles. The first kappa shape index (κ1) is 23.8. The molecule has 172 valence electrons. The number of amides is 2. The van der Waals surface area contributed by atoms with Gasteiger partial charge in [0, 0.05) is 31.4 Å². The van der Waals surface area contributed by atoms with E-state index in [-0.39, 0.29) is 41.6 Å². The van der Waals surface area contributed by atoms with Crippen LogP contribution in [0.25, 0.3) is 0 Å². The van der Waals surface area contributed by atoms with Crippen LogP contribution in [0.1, 0.15) is 31.2 Å². The van der Waals surface area contributed by atoms with E-state index in [1.165, 1.54) is 12.1 Å². The zero-order chi connectivity index (χ0) is 23.0. The third-order valence-corrected chi connectivity index (χ3v) is 7.01. The van der Waals surface area contributed by atoms with E-state index in [1.807, 2.05) is 0 Å². The summed E-state index contributed by atoms with van der Waals surface area (Å²) in [6, 6.07) is 8.28. The van der Waals surface area contributed by atoms with Crippen LogP contribution in [0.5, 0.6) is 0 Å². The van der Waals surface area contributed by atoms with Crippen molar-refractivity contribution in [1.82, 2.24) is 20.3 Å². The van der Waals surface area contributed by atoms with Gasteiger partial charge in [-0.05, 0) is 73.6 Å². The summed E-state index contributed by atoms with van der Waals surface area (Å²) in [4.78, 5) is 28.3. The molecule has 2 amide bonds. The van der Waals surface area contributed by atoms with Gasteiger partial charge < -0.3 is 10.6 Å². The number of pyridine rings is 1. The van der Waals surface area contributed by atoms with Crippen LogP contribution in [0.15, 0.2) is 53.7 Å². The number of carbonyl (C=O) groups is 2. The maximum Gasteiger partial charge on any atom is 0.240 e. The van der Waals surface area contributed by atoms with E-state index >= 15 is 0 Å². The Labute approximate surface area is 187 Å². The van der Waals surface area contributed by atoms with Crippen LogP contribution in [0.3, 0.4) is 0 Å². The van der Waals surface area contributed by atoms with Gasteiger partial charge in [0.05, 0.1) is 11.4 Å². The van der Waals surface area contributed by atoms with Crippen LogP contribution < -0.4 is 15.4 Å². The lowest BCUT2D eigenvalue weighted by molar-refractivity contribution is -0.129. The van der Waals surface area contributed by atoms with Gasteiger partial charge in [0.2, 0.25) is 21.8 Å². The Kier molecular flexibility index (Phi) is 8.29. The van der Waals surface area contributed by atoms with Gasteiger partial charge in [0.1, 0.15) is 5.82 Å². The number of halogens is 1. The Bertz CT molecular complexity index is 1010. The van der Waals surface area contributed by atoms with E-state index in [9.17, 15) is 22.4 Å². The van der Waals surface area contributed by atoms with E-state index in [4.69, 9.17) is 0 Å². The van der Waals surface area contributed by atoms with Crippen LogP contribution in [0.2, 0.25) is 0 Å². The second-order valence-electron chi connectivity index (χ2n) is 7.87. The summed E-state index contributed by atoms with van der Waals surface area (Å²) in [5, 5.41) is 5.42. The maximum absolute atomic E-state index is 13.0. The third-order valence-electron chi connectivity index (χ3n) is 5.57. The molecular formula is C22H27FN4O4S. The molecule has 0 spiro atoms. The van der Waals surface area contributed by atoms with E-state index < -0.39 is 15.8 Å². The fourth-order valence-electron chi connectivity index (χ4n) is 3.63. The molecule has 1 aromatic heterocycles. The summed E-state index contributed by atoms with van der Waals surface area (Å²) in [6.07, 6.45) is 5.97. The standard InChI is InChI=1S/C22H27FN4O4S/c23-19-5-7-20(8-6-19)32(30,31)27-14-16-1-3-18(4-2-16)22(29)26-15-21(28)25-13-17-9-11-24-12-10-17/h5-12,16,18,27H,1-4,13-15H2,(H,25,28)(H,26,29). The van der Waals surface area contributed by atoms with E-state index in [2.05, 4.69) is 20.3 Å². The molecule has 32 heavy (non-hydrogen) atoms. The van der Waals surface area contributed by atoms with Gasteiger partial charge in [-0.25, -0.2) is 17.5 Å². The van der Waals surface area contributed by atoms with Crippen molar-refractivity contribution in [2.45, 2.75) is 37.1 Å². The predicted octanol–water partition coefficient (Wildman–Crippen LogP) is 1.74. The highest BCUT2D eigenvalue weighted by atomic mass is 32.2. The Morgan fingerprint density at radius 2 is 1.62 bits per heavy atom. The maximum atomic E-state index is 13.0. The molecule has 1 aromatic carbocycles. The van der Waals surface area contributed by atoms with Gasteiger partial charge in [-0.1, -0.05) is 0 Å². The average Bonchev–Trinajstić information content (AvgIpc) is 2.81. The SMILES string of the molecule is O=C(CNC(=O)C1CCC(CNS(=O)(=O)c2ccc(F)cc2)CC1)NCc1ccncc1. The molecule has 3 N–H and O–H groups in total. The topological polar surface area (TPSA) is 117 Å². The van der Waals surface area contributed by atoms with Crippen molar-refractivity contribution >= 4 is 21.8 Å². The Morgan fingerprint density at radius 1 is 0.969 bits per heavy atom. The minimum Gasteiger partial charge on any atom is -0.350 e. The van der Waals surface area contributed by atoms with Crippen molar-refractivity contribution in [1.29, 1.82) is 0 Å². The molecule has 3 rings (SSSR count). The van der Waals surface area contributed by atoms with Crippen molar-refractivity contribution < 1.29 is 22.4 Å². The molecule has 1 heterocycles.